The number of nitrogens with one attached hydrogen (secondary N) is 1. The second-order valence-electron chi connectivity index (χ2n) is 3.94. The lowest BCUT2D eigenvalue weighted by Crippen LogP contribution is -2.19. The van der Waals surface area contributed by atoms with E-state index in [1.807, 2.05) is 18.2 Å². The third-order valence-electron chi connectivity index (χ3n) is 2.58. The highest BCUT2D eigenvalue weighted by Crippen LogP contribution is 2.17. The molecule has 0 unspecified atom stereocenters. The molecular weight excluding hydrogens is 206 g/mol. The summed E-state index contributed by atoms with van der Waals surface area (Å²) in [6.07, 6.45) is 3.82. The van der Waals surface area contributed by atoms with Crippen LogP contribution in [0.3, 0.4) is 0 Å². The normalized spacial score (nSPS) is 12.7. The quantitative estimate of drug-likeness (QED) is 0.717. The summed E-state index contributed by atoms with van der Waals surface area (Å²) in [7, 11) is 0. The summed E-state index contributed by atoms with van der Waals surface area (Å²) in [4.78, 5) is 0. The number of hydrogen-bond donors (Lipinski definition) is 1. The maximum atomic E-state index is 5.94. The predicted molar refractivity (Wildman–Crippen MR) is 67.4 cm³/mol. The standard InChI is InChI=1S/C13H20ClN/c1-3-4-5-9-15-11(2)12-7-6-8-13(14)10-12/h6-8,10-11,15H,3-5,9H2,1-2H3/t11-/m1/s1. The van der Waals surface area contributed by atoms with Crippen molar-refractivity contribution >= 4 is 11.6 Å². The van der Waals surface area contributed by atoms with Crippen LogP contribution in [0.25, 0.3) is 0 Å². The van der Waals surface area contributed by atoms with Gasteiger partial charge in [0.25, 0.3) is 0 Å². The van der Waals surface area contributed by atoms with E-state index in [1.54, 1.807) is 0 Å². The summed E-state index contributed by atoms with van der Waals surface area (Å²) in [5.74, 6) is 0. The highest BCUT2D eigenvalue weighted by molar-refractivity contribution is 6.30. The average Bonchev–Trinajstić information content (AvgIpc) is 2.24. The monoisotopic (exact) mass is 225 g/mol. The summed E-state index contributed by atoms with van der Waals surface area (Å²) < 4.78 is 0. The molecular formula is C13H20ClN. The van der Waals surface area contributed by atoms with E-state index in [-0.39, 0.29) is 0 Å². The molecule has 0 heterocycles. The van der Waals surface area contributed by atoms with Gasteiger partial charge in [-0.15, -0.1) is 0 Å². The van der Waals surface area contributed by atoms with Gasteiger partial charge in [0.05, 0.1) is 0 Å². The molecule has 1 rings (SSSR count). The van der Waals surface area contributed by atoms with E-state index in [2.05, 4.69) is 25.2 Å². The molecule has 0 amide bonds. The molecule has 1 aromatic rings. The molecule has 1 aromatic carbocycles. The fourth-order valence-corrected chi connectivity index (χ4v) is 1.79. The molecule has 0 aliphatic carbocycles. The molecule has 15 heavy (non-hydrogen) atoms. The lowest BCUT2D eigenvalue weighted by Gasteiger charge is -2.14. The van der Waals surface area contributed by atoms with Crippen LogP contribution in [0, 0.1) is 0 Å². The number of hydrogen-bond acceptors (Lipinski definition) is 1. The SMILES string of the molecule is CCCCCN[C@H](C)c1cccc(Cl)c1. The Labute approximate surface area is 97.8 Å². The molecule has 2 heteroatoms. The second-order valence-corrected chi connectivity index (χ2v) is 4.37. The van der Waals surface area contributed by atoms with Crippen LogP contribution in [0.15, 0.2) is 24.3 Å². The summed E-state index contributed by atoms with van der Waals surface area (Å²) in [6.45, 7) is 5.49. The largest absolute Gasteiger partial charge is 0.310 e. The topological polar surface area (TPSA) is 12.0 Å². The van der Waals surface area contributed by atoms with Gasteiger partial charge >= 0.3 is 0 Å². The van der Waals surface area contributed by atoms with Crippen molar-refractivity contribution in [2.24, 2.45) is 0 Å². The van der Waals surface area contributed by atoms with Gasteiger partial charge in [0.15, 0.2) is 0 Å². The molecule has 1 nitrogen and oxygen atoms in total. The highest BCUT2D eigenvalue weighted by Gasteiger charge is 2.03. The zero-order valence-corrected chi connectivity index (χ0v) is 10.3. The Balaban J connectivity index is 2.36. The molecule has 0 fully saturated rings. The van der Waals surface area contributed by atoms with Crippen LogP contribution < -0.4 is 5.32 Å². The van der Waals surface area contributed by atoms with Gasteiger partial charge in [-0.05, 0) is 37.6 Å². The van der Waals surface area contributed by atoms with Gasteiger partial charge in [-0.25, -0.2) is 0 Å². The Bertz CT molecular complexity index is 286. The van der Waals surface area contributed by atoms with Gasteiger partial charge in [0.2, 0.25) is 0 Å². The molecule has 0 radical (unpaired) electrons. The predicted octanol–water partition coefficient (Wildman–Crippen LogP) is 4.18. The maximum absolute atomic E-state index is 5.94. The fraction of sp³-hybridized carbons (Fsp3) is 0.538. The van der Waals surface area contributed by atoms with Gasteiger partial charge in [-0.3, -0.25) is 0 Å². The Kier molecular flexibility index (Phi) is 5.74. The minimum atomic E-state index is 0.389. The van der Waals surface area contributed by atoms with E-state index in [0.717, 1.165) is 11.6 Å². The minimum absolute atomic E-state index is 0.389. The zero-order valence-electron chi connectivity index (χ0n) is 9.59. The van der Waals surface area contributed by atoms with Crippen molar-refractivity contribution in [3.63, 3.8) is 0 Å². The van der Waals surface area contributed by atoms with Crippen molar-refractivity contribution in [2.45, 2.75) is 39.2 Å². The maximum Gasteiger partial charge on any atom is 0.0409 e. The van der Waals surface area contributed by atoms with Gasteiger partial charge in [0.1, 0.15) is 0 Å². The van der Waals surface area contributed by atoms with Crippen LogP contribution in [0.1, 0.15) is 44.7 Å². The van der Waals surface area contributed by atoms with Crippen LogP contribution in [0.2, 0.25) is 5.02 Å². The summed E-state index contributed by atoms with van der Waals surface area (Å²) in [6, 6.07) is 8.44. The molecule has 0 aliphatic rings. The van der Waals surface area contributed by atoms with E-state index in [0.29, 0.717) is 6.04 Å². The van der Waals surface area contributed by atoms with Crippen LogP contribution in [-0.4, -0.2) is 6.54 Å². The summed E-state index contributed by atoms with van der Waals surface area (Å²) in [5.41, 5.74) is 1.26. The molecule has 0 aromatic heterocycles. The molecule has 0 spiro atoms. The Morgan fingerprint density at radius 1 is 1.33 bits per heavy atom. The third kappa shape index (κ3) is 4.67. The first-order valence-corrected chi connectivity index (χ1v) is 6.10. The second kappa shape index (κ2) is 6.86. The number of rotatable bonds is 6. The third-order valence-corrected chi connectivity index (χ3v) is 2.81. The van der Waals surface area contributed by atoms with Crippen LogP contribution >= 0.6 is 11.6 Å². The first-order valence-electron chi connectivity index (χ1n) is 5.73. The van der Waals surface area contributed by atoms with E-state index >= 15 is 0 Å². The lowest BCUT2D eigenvalue weighted by atomic mass is 10.1. The first-order chi connectivity index (χ1) is 7.24. The summed E-state index contributed by atoms with van der Waals surface area (Å²) in [5, 5.41) is 4.32. The molecule has 0 saturated carbocycles. The van der Waals surface area contributed by atoms with Crippen molar-refractivity contribution in [3.8, 4) is 0 Å². The Morgan fingerprint density at radius 2 is 2.13 bits per heavy atom. The molecule has 0 aliphatic heterocycles. The van der Waals surface area contributed by atoms with Crippen molar-refractivity contribution in [2.75, 3.05) is 6.54 Å². The Morgan fingerprint density at radius 3 is 2.80 bits per heavy atom. The average molecular weight is 226 g/mol. The van der Waals surface area contributed by atoms with E-state index < -0.39 is 0 Å². The van der Waals surface area contributed by atoms with E-state index in [4.69, 9.17) is 11.6 Å². The number of benzene rings is 1. The fourth-order valence-electron chi connectivity index (χ4n) is 1.59. The van der Waals surface area contributed by atoms with Crippen LogP contribution in [0.5, 0.6) is 0 Å². The smallest absolute Gasteiger partial charge is 0.0409 e. The van der Waals surface area contributed by atoms with Gasteiger partial charge in [-0.2, -0.15) is 0 Å². The lowest BCUT2D eigenvalue weighted by molar-refractivity contribution is 0.544. The van der Waals surface area contributed by atoms with Crippen LogP contribution in [-0.2, 0) is 0 Å². The van der Waals surface area contributed by atoms with Gasteiger partial charge in [0, 0.05) is 11.1 Å². The minimum Gasteiger partial charge on any atom is -0.310 e. The number of halogens is 1. The van der Waals surface area contributed by atoms with Gasteiger partial charge < -0.3 is 5.32 Å². The van der Waals surface area contributed by atoms with E-state index in [9.17, 15) is 0 Å². The van der Waals surface area contributed by atoms with E-state index in [1.165, 1.54) is 24.8 Å². The molecule has 1 N–H and O–H groups in total. The molecule has 0 saturated heterocycles. The summed E-state index contributed by atoms with van der Waals surface area (Å²) >= 11 is 5.94. The molecule has 1 atom stereocenters. The van der Waals surface area contributed by atoms with Gasteiger partial charge in [-0.1, -0.05) is 43.5 Å². The molecule has 0 bridgehead atoms. The molecule has 84 valence electrons. The first kappa shape index (κ1) is 12.5. The Hall–Kier alpha value is -0.530. The van der Waals surface area contributed by atoms with Crippen molar-refractivity contribution in [1.82, 2.24) is 5.32 Å². The van der Waals surface area contributed by atoms with Crippen molar-refractivity contribution < 1.29 is 0 Å². The zero-order chi connectivity index (χ0) is 11.1. The highest BCUT2D eigenvalue weighted by atomic mass is 35.5. The number of unbranched alkanes of at least 4 members (excludes halogenated alkanes) is 2. The van der Waals surface area contributed by atoms with Crippen LogP contribution in [0.4, 0.5) is 0 Å². The van der Waals surface area contributed by atoms with Crippen molar-refractivity contribution in [3.05, 3.63) is 34.9 Å². The van der Waals surface area contributed by atoms with Crippen molar-refractivity contribution in [1.29, 1.82) is 0 Å².